The van der Waals surface area contributed by atoms with Gasteiger partial charge in [0.05, 0.1) is 0 Å². The van der Waals surface area contributed by atoms with E-state index in [0.717, 1.165) is 19.6 Å². The van der Waals surface area contributed by atoms with Gasteiger partial charge in [-0.15, -0.1) is 0 Å². The molecule has 0 saturated carbocycles. The summed E-state index contributed by atoms with van der Waals surface area (Å²) in [6.07, 6.45) is 1.19. The fraction of sp³-hybridized carbons (Fsp3) is 0.538. The summed E-state index contributed by atoms with van der Waals surface area (Å²) in [4.78, 5) is 2.21. The first-order valence-electron chi connectivity index (χ1n) is 5.70. The molecule has 0 radical (unpaired) electrons. The topological polar surface area (TPSA) is 15.3 Å². The van der Waals surface area contributed by atoms with E-state index in [0.29, 0.717) is 0 Å². The van der Waals surface area contributed by atoms with Gasteiger partial charge in [0.15, 0.2) is 0 Å². The van der Waals surface area contributed by atoms with Gasteiger partial charge in [0.2, 0.25) is 0 Å². The monoisotopic (exact) mass is 284 g/mol. The fourth-order valence-electron chi connectivity index (χ4n) is 1.59. The van der Waals surface area contributed by atoms with Gasteiger partial charge in [-0.3, -0.25) is 0 Å². The Bertz CT molecular complexity index is 324. The Labute approximate surface area is 107 Å². The molecule has 0 aromatic heterocycles. The summed E-state index contributed by atoms with van der Waals surface area (Å²) in [5, 5.41) is 3.48. The van der Waals surface area contributed by atoms with Crippen LogP contribution in [0, 0.1) is 6.92 Å². The Kier molecular flexibility index (Phi) is 6.03. The summed E-state index contributed by atoms with van der Waals surface area (Å²) < 4.78 is 1.19. The van der Waals surface area contributed by atoms with Gasteiger partial charge in [0.1, 0.15) is 0 Å². The second-order valence-electron chi connectivity index (χ2n) is 4.36. The second kappa shape index (κ2) is 7.05. The van der Waals surface area contributed by atoms with Crippen molar-refractivity contribution in [2.75, 3.05) is 27.2 Å². The molecule has 0 fully saturated rings. The van der Waals surface area contributed by atoms with Gasteiger partial charge in [-0.25, -0.2) is 0 Å². The van der Waals surface area contributed by atoms with Crippen LogP contribution in [0.1, 0.15) is 17.5 Å². The molecule has 16 heavy (non-hydrogen) atoms. The highest BCUT2D eigenvalue weighted by Crippen LogP contribution is 2.18. The van der Waals surface area contributed by atoms with Gasteiger partial charge in [-0.05, 0) is 57.7 Å². The Morgan fingerprint density at radius 1 is 1.31 bits per heavy atom. The Morgan fingerprint density at radius 2 is 2.06 bits per heavy atom. The smallest absolute Gasteiger partial charge is 0.0208 e. The maximum Gasteiger partial charge on any atom is 0.0208 e. The summed E-state index contributed by atoms with van der Waals surface area (Å²) in [5.41, 5.74) is 2.71. The predicted molar refractivity (Wildman–Crippen MR) is 73.8 cm³/mol. The zero-order chi connectivity index (χ0) is 12.0. The van der Waals surface area contributed by atoms with E-state index in [1.165, 1.54) is 22.0 Å². The number of rotatable bonds is 6. The van der Waals surface area contributed by atoms with E-state index < -0.39 is 0 Å². The first-order chi connectivity index (χ1) is 7.61. The van der Waals surface area contributed by atoms with Crippen LogP contribution in [0.25, 0.3) is 0 Å². The van der Waals surface area contributed by atoms with Gasteiger partial charge < -0.3 is 10.2 Å². The van der Waals surface area contributed by atoms with Crippen molar-refractivity contribution in [2.24, 2.45) is 0 Å². The highest BCUT2D eigenvalue weighted by atomic mass is 79.9. The Hall–Kier alpha value is -0.380. The van der Waals surface area contributed by atoms with Crippen LogP contribution in [0.4, 0.5) is 0 Å². The molecule has 0 atom stereocenters. The van der Waals surface area contributed by atoms with Crippen LogP contribution in [0.2, 0.25) is 0 Å². The fourth-order valence-corrected chi connectivity index (χ4v) is 1.99. The number of benzene rings is 1. The molecule has 1 rings (SSSR count). The summed E-state index contributed by atoms with van der Waals surface area (Å²) in [6.45, 7) is 5.33. The third-order valence-electron chi connectivity index (χ3n) is 2.65. The van der Waals surface area contributed by atoms with Crippen molar-refractivity contribution in [1.29, 1.82) is 0 Å². The number of nitrogens with one attached hydrogen (secondary N) is 1. The van der Waals surface area contributed by atoms with Gasteiger partial charge in [-0.2, -0.15) is 0 Å². The molecule has 0 amide bonds. The molecule has 0 aliphatic heterocycles. The molecule has 2 nitrogen and oxygen atoms in total. The van der Waals surface area contributed by atoms with Crippen molar-refractivity contribution in [3.8, 4) is 0 Å². The van der Waals surface area contributed by atoms with E-state index in [1.807, 2.05) is 0 Å². The molecular formula is C13H21BrN2. The predicted octanol–water partition coefficient (Wildman–Crippen LogP) is 2.80. The van der Waals surface area contributed by atoms with Crippen molar-refractivity contribution < 1.29 is 0 Å². The zero-order valence-corrected chi connectivity index (χ0v) is 12.0. The first-order valence-corrected chi connectivity index (χ1v) is 6.50. The SMILES string of the molecule is Cc1c(Br)cccc1CNCCCN(C)C. The van der Waals surface area contributed by atoms with Crippen molar-refractivity contribution >= 4 is 15.9 Å². The van der Waals surface area contributed by atoms with E-state index in [-0.39, 0.29) is 0 Å². The third-order valence-corrected chi connectivity index (χ3v) is 3.51. The lowest BCUT2D eigenvalue weighted by Crippen LogP contribution is -2.21. The standard InChI is InChI=1S/C13H21BrN2/c1-11-12(6-4-7-13(11)14)10-15-8-5-9-16(2)3/h4,6-7,15H,5,8-10H2,1-3H3. The van der Waals surface area contributed by atoms with Gasteiger partial charge in [-0.1, -0.05) is 28.1 Å². The van der Waals surface area contributed by atoms with Crippen LogP contribution in [0.5, 0.6) is 0 Å². The van der Waals surface area contributed by atoms with Crippen LogP contribution in [-0.2, 0) is 6.54 Å². The lowest BCUT2D eigenvalue weighted by molar-refractivity contribution is 0.394. The zero-order valence-electron chi connectivity index (χ0n) is 10.4. The lowest BCUT2D eigenvalue weighted by Gasteiger charge is -2.11. The molecule has 1 aromatic rings. The quantitative estimate of drug-likeness (QED) is 0.809. The van der Waals surface area contributed by atoms with Crippen LogP contribution in [-0.4, -0.2) is 32.1 Å². The van der Waals surface area contributed by atoms with Crippen LogP contribution in [0.3, 0.4) is 0 Å². The lowest BCUT2D eigenvalue weighted by atomic mass is 10.1. The highest BCUT2D eigenvalue weighted by molar-refractivity contribution is 9.10. The molecule has 0 bridgehead atoms. The first kappa shape index (κ1) is 13.7. The minimum absolute atomic E-state index is 0.957. The van der Waals surface area contributed by atoms with Crippen LogP contribution in [0.15, 0.2) is 22.7 Å². The molecule has 0 aliphatic rings. The van der Waals surface area contributed by atoms with E-state index in [1.54, 1.807) is 0 Å². The van der Waals surface area contributed by atoms with E-state index in [4.69, 9.17) is 0 Å². The number of hydrogen-bond acceptors (Lipinski definition) is 2. The molecule has 0 saturated heterocycles. The van der Waals surface area contributed by atoms with Gasteiger partial charge in [0.25, 0.3) is 0 Å². The molecule has 0 aliphatic carbocycles. The minimum atomic E-state index is 0.957. The second-order valence-corrected chi connectivity index (χ2v) is 5.21. The maximum atomic E-state index is 3.55. The summed E-state index contributed by atoms with van der Waals surface area (Å²) in [6, 6.07) is 6.36. The summed E-state index contributed by atoms with van der Waals surface area (Å²) in [7, 11) is 4.22. The molecule has 0 unspecified atom stereocenters. The number of halogens is 1. The van der Waals surface area contributed by atoms with Crippen molar-refractivity contribution in [2.45, 2.75) is 19.9 Å². The molecule has 3 heteroatoms. The number of nitrogens with zero attached hydrogens (tertiary/aromatic N) is 1. The highest BCUT2D eigenvalue weighted by Gasteiger charge is 2.00. The summed E-state index contributed by atoms with van der Waals surface area (Å²) >= 11 is 3.55. The van der Waals surface area contributed by atoms with E-state index in [9.17, 15) is 0 Å². The molecule has 0 heterocycles. The third kappa shape index (κ3) is 4.64. The maximum absolute atomic E-state index is 3.55. The summed E-state index contributed by atoms with van der Waals surface area (Å²) in [5.74, 6) is 0. The average Bonchev–Trinajstić information content (AvgIpc) is 2.23. The van der Waals surface area contributed by atoms with Crippen LogP contribution < -0.4 is 5.32 Å². The van der Waals surface area contributed by atoms with Crippen molar-refractivity contribution in [1.82, 2.24) is 10.2 Å². The molecule has 1 N–H and O–H groups in total. The largest absolute Gasteiger partial charge is 0.313 e. The van der Waals surface area contributed by atoms with Gasteiger partial charge in [0, 0.05) is 11.0 Å². The molecule has 1 aromatic carbocycles. The van der Waals surface area contributed by atoms with Crippen molar-refractivity contribution in [3.63, 3.8) is 0 Å². The molecule has 0 spiro atoms. The van der Waals surface area contributed by atoms with Crippen molar-refractivity contribution in [3.05, 3.63) is 33.8 Å². The Morgan fingerprint density at radius 3 is 2.75 bits per heavy atom. The number of hydrogen-bond donors (Lipinski definition) is 1. The normalized spacial score (nSPS) is 11.1. The molecule has 90 valence electrons. The molecular weight excluding hydrogens is 264 g/mol. The average molecular weight is 285 g/mol. The van der Waals surface area contributed by atoms with E-state index >= 15 is 0 Å². The van der Waals surface area contributed by atoms with E-state index in [2.05, 4.69) is 65.4 Å². The minimum Gasteiger partial charge on any atom is -0.313 e. The van der Waals surface area contributed by atoms with Crippen LogP contribution >= 0.6 is 15.9 Å². The van der Waals surface area contributed by atoms with Gasteiger partial charge >= 0.3 is 0 Å². The Balaban J connectivity index is 2.29.